The van der Waals surface area contributed by atoms with Gasteiger partial charge in [-0.05, 0) is 30.9 Å². The molecule has 0 fully saturated rings. The maximum atomic E-state index is 11.8. The summed E-state index contributed by atoms with van der Waals surface area (Å²) in [7, 11) is 0. The highest BCUT2D eigenvalue weighted by atomic mass is 35.5. The molecule has 2 aromatic rings. The van der Waals surface area contributed by atoms with E-state index in [9.17, 15) is 4.79 Å². The van der Waals surface area contributed by atoms with Crippen LogP contribution in [0.15, 0.2) is 40.9 Å². The summed E-state index contributed by atoms with van der Waals surface area (Å²) in [6.07, 6.45) is 7.46. The Morgan fingerprint density at radius 2 is 2.35 bits per heavy atom. The highest BCUT2D eigenvalue weighted by molar-refractivity contribution is 6.30. The Labute approximate surface area is 139 Å². The van der Waals surface area contributed by atoms with Gasteiger partial charge in [-0.1, -0.05) is 41.0 Å². The van der Waals surface area contributed by atoms with Gasteiger partial charge in [0.1, 0.15) is 0 Å². The fraction of sp³-hybridized carbons (Fsp3) is 0.353. The predicted octanol–water partition coefficient (Wildman–Crippen LogP) is 3.41. The molecule has 1 N–H and O–H groups in total. The van der Waals surface area contributed by atoms with E-state index >= 15 is 0 Å². The molecule has 1 aliphatic carbocycles. The second-order valence-electron chi connectivity index (χ2n) is 5.59. The maximum Gasteiger partial charge on any atom is 0.228 e. The van der Waals surface area contributed by atoms with Gasteiger partial charge < -0.3 is 9.84 Å². The van der Waals surface area contributed by atoms with Crippen LogP contribution in [0.1, 0.15) is 25.2 Å². The van der Waals surface area contributed by atoms with Gasteiger partial charge in [0.05, 0.1) is 0 Å². The minimum Gasteiger partial charge on any atom is -0.356 e. The fourth-order valence-corrected chi connectivity index (χ4v) is 2.78. The number of nitrogens with one attached hydrogen (secondary N) is 1. The molecule has 0 saturated heterocycles. The summed E-state index contributed by atoms with van der Waals surface area (Å²) in [6.45, 7) is 0.493. The van der Waals surface area contributed by atoms with E-state index in [0.717, 1.165) is 18.4 Å². The molecule has 1 amide bonds. The molecule has 0 bridgehead atoms. The number of benzene rings is 1. The van der Waals surface area contributed by atoms with Gasteiger partial charge in [0.15, 0.2) is 0 Å². The minimum atomic E-state index is 0.0659. The van der Waals surface area contributed by atoms with Crippen molar-refractivity contribution in [1.82, 2.24) is 15.5 Å². The standard InChI is InChI=1S/C17H18ClN3O2/c18-14-7-3-6-13(11-14)17-20-16(23-21-17)8-9-19-15(22)10-12-4-1-2-5-12/h1,3-4,6-7,11-12H,2,5,8-10H2,(H,19,22)/t12-/m0/s1. The van der Waals surface area contributed by atoms with Crippen molar-refractivity contribution in [3.8, 4) is 11.4 Å². The van der Waals surface area contributed by atoms with Crippen molar-refractivity contribution < 1.29 is 9.32 Å². The number of carbonyl (C=O) groups is 1. The van der Waals surface area contributed by atoms with Crippen molar-refractivity contribution in [2.45, 2.75) is 25.7 Å². The average Bonchev–Trinajstić information content (AvgIpc) is 3.19. The SMILES string of the molecule is O=C(C[C@H]1C=CCC1)NCCc1nc(-c2cccc(Cl)c2)no1. The highest BCUT2D eigenvalue weighted by Gasteiger charge is 2.14. The zero-order valence-electron chi connectivity index (χ0n) is 12.7. The first-order valence-electron chi connectivity index (χ1n) is 7.72. The van der Waals surface area contributed by atoms with E-state index in [1.54, 1.807) is 12.1 Å². The number of halogens is 1. The topological polar surface area (TPSA) is 68.0 Å². The van der Waals surface area contributed by atoms with Crippen molar-refractivity contribution >= 4 is 17.5 Å². The lowest BCUT2D eigenvalue weighted by Crippen LogP contribution is -2.27. The number of rotatable bonds is 6. The summed E-state index contributed by atoms with van der Waals surface area (Å²) in [5, 5.41) is 7.46. The monoisotopic (exact) mass is 331 g/mol. The molecule has 0 unspecified atom stereocenters. The zero-order chi connectivity index (χ0) is 16.1. The number of hydrogen-bond acceptors (Lipinski definition) is 4. The Morgan fingerprint density at radius 1 is 1.43 bits per heavy atom. The first-order valence-corrected chi connectivity index (χ1v) is 8.10. The van der Waals surface area contributed by atoms with E-state index in [2.05, 4.69) is 27.6 Å². The molecular weight excluding hydrogens is 314 g/mol. The lowest BCUT2D eigenvalue weighted by atomic mass is 10.1. The van der Waals surface area contributed by atoms with Gasteiger partial charge in [-0.2, -0.15) is 4.98 Å². The van der Waals surface area contributed by atoms with Crippen molar-refractivity contribution in [1.29, 1.82) is 0 Å². The molecule has 0 aliphatic heterocycles. The molecule has 3 rings (SSSR count). The van der Waals surface area contributed by atoms with Gasteiger partial charge in [-0.3, -0.25) is 4.79 Å². The number of hydrogen-bond donors (Lipinski definition) is 1. The van der Waals surface area contributed by atoms with Crippen molar-refractivity contribution in [2.75, 3.05) is 6.54 Å². The minimum absolute atomic E-state index is 0.0659. The third-order valence-electron chi connectivity index (χ3n) is 3.77. The largest absolute Gasteiger partial charge is 0.356 e. The van der Waals surface area contributed by atoms with E-state index in [-0.39, 0.29) is 5.91 Å². The van der Waals surface area contributed by atoms with E-state index < -0.39 is 0 Å². The Balaban J connectivity index is 1.47. The summed E-state index contributed by atoms with van der Waals surface area (Å²) in [5.74, 6) is 1.45. The van der Waals surface area contributed by atoms with Crippen LogP contribution in [0, 0.1) is 5.92 Å². The van der Waals surface area contributed by atoms with Crippen LogP contribution >= 0.6 is 11.6 Å². The number of aromatic nitrogens is 2. The van der Waals surface area contributed by atoms with Crippen LogP contribution < -0.4 is 5.32 Å². The van der Waals surface area contributed by atoms with Gasteiger partial charge in [-0.25, -0.2) is 0 Å². The van der Waals surface area contributed by atoms with Crippen LogP contribution in [0.4, 0.5) is 0 Å². The van der Waals surface area contributed by atoms with E-state index in [1.807, 2.05) is 12.1 Å². The molecule has 0 radical (unpaired) electrons. The molecule has 0 spiro atoms. The van der Waals surface area contributed by atoms with E-state index in [1.165, 1.54) is 0 Å². The maximum absolute atomic E-state index is 11.8. The van der Waals surface area contributed by atoms with Crippen molar-refractivity contribution in [3.05, 3.63) is 47.3 Å². The third-order valence-corrected chi connectivity index (χ3v) is 4.01. The van der Waals surface area contributed by atoms with E-state index in [4.69, 9.17) is 16.1 Å². The normalized spacial score (nSPS) is 16.7. The molecule has 23 heavy (non-hydrogen) atoms. The molecule has 1 aromatic heterocycles. The van der Waals surface area contributed by atoms with Crippen LogP contribution in [0.2, 0.25) is 5.02 Å². The summed E-state index contributed by atoms with van der Waals surface area (Å²) >= 11 is 5.95. The van der Waals surface area contributed by atoms with Crippen LogP contribution in [-0.4, -0.2) is 22.6 Å². The Kier molecular flexibility index (Phi) is 5.08. The fourth-order valence-electron chi connectivity index (χ4n) is 2.59. The summed E-state index contributed by atoms with van der Waals surface area (Å²) < 4.78 is 5.21. The second kappa shape index (κ2) is 7.42. The van der Waals surface area contributed by atoms with Crippen LogP contribution in [0.25, 0.3) is 11.4 Å². The first kappa shape index (κ1) is 15.7. The molecule has 1 aromatic carbocycles. The Bertz CT molecular complexity index is 711. The third kappa shape index (κ3) is 4.42. The van der Waals surface area contributed by atoms with Crippen molar-refractivity contribution in [2.24, 2.45) is 5.92 Å². The summed E-state index contributed by atoms with van der Waals surface area (Å²) in [5.41, 5.74) is 0.810. The highest BCUT2D eigenvalue weighted by Crippen LogP contribution is 2.21. The molecule has 1 aliphatic rings. The van der Waals surface area contributed by atoms with Gasteiger partial charge in [-0.15, -0.1) is 0 Å². The zero-order valence-corrected chi connectivity index (χ0v) is 13.4. The molecule has 120 valence electrons. The lowest BCUT2D eigenvalue weighted by molar-refractivity contribution is -0.121. The van der Waals surface area contributed by atoms with Crippen LogP contribution in [-0.2, 0) is 11.2 Å². The van der Waals surface area contributed by atoms with Crippen LogP contribution in [0.5, 0.6) is 0 Å². The lowest BCUT2D eigenvalue weighted by Gasteiger charge is -2.07. The Hall–Kier alpha value is -2.14. The molecule has 6 heteroatoms. The molecule has 0 saturated carbocycles. The number of allylic oxidation sites excluding steroid dienone is 2. The number of carbonyl (C=O) groups excluding carboxylic acids is 1. The molecule has 1 heterocycles. The van der Waals surface area contributed by atoms with Gasteiger partial charge in [0.25, 0.3) is 0 Å². The van der Waals surface area contributed by atoms with Gasteiger partial charge >= 0.3 is 0 Å². The van der Waals surface area contributed by atoms with Gasteiger partial charge in [0.2, 0.25) is 17.6 Å². The van der Waals surface area contributed by atoms with E-state index in [0.29, 0.717) is 42.0 Å². The number of amides is 1. The molecule has 5 nitrogen and oxygen atoms in total. The number of nitrogens with zero attached hydrogens (tertiary/aromatic N) is 2. The first-order chi connectivity index (χ1) is 11.2. The Morgan fingerprint density at radius 3 is 3.13 bits per heavy atom. The predicted molar refractivity (Wildman–Crippen MR) is 87.9 cm³/mol. The molecule has 1 atom stereocenters. The average molecular weight is 332 g/mol. The molecular formula is C17H18ClN3O2. The summed E-state index contributed by atoms with van der Waals surface area (Å²) in [4.78, 5) is 16.1. The van der Waals surface area contributed by atoms with Crippen LogP contribution in [0.3, 0.4) is 0 Å². The smallest absolute Gasteiger partial charge is 0.228 e. The summed E-state index contributed by atoms with van der Waals surface area (Å²) in [6, 6.07) is 7.29. The van der Waals surface area contributed by atoms with Crippen molar-refractivity contribution in [3.63, 3.8) is 0 Å². The quantitative estimate of drug-likeness (QED) is 0.824. The van der Waals surface area contributed by atoms with Gasteiger partial charge in [0, 0.05) is 30.0 Å². The second-order valence-corrected chi connectivity index (χ2v) is 6.03.